The van der Waals surface area contributed by atoms with Crippen LogP contribution in [0.15, 0.2) is 23.6 Å². The van der Waals surface area contributed by atoms with Crippen LogP contribution in [0.25, 0.3) is 10.6 Å². The van der Waals surface area contributed by atoms with E-state index in [0.29, 0.717) is 16.3 Å². The van der Waals surface area contributed by atoms with E-state index in [0.717, 1.165) is 0 Å². The molecule has 2 N–H and O–H groups in total. The van der Waals surface area contributed by atoms with E-state index in [-0.39, 0.29) is 5.69 Å². The fourth-order valence-electron chi connectivity index (χ4n) is 1.36. The molecule has 0 fully saturated rings. The maximum absolute atomic E-state index is 13.2. The Kier molecular flexibility index (Phi) is 3.06. The number of amides is 1. The molecule has 0 aliphatic rings. The second kappa shape index (κ2) is 4.50. The Bertz CT molecular complexity index is 568. The number of primary amides is 1. The molecule has 0 radical (unpaired) electrons. The van der Waals surface area contributed by atoms with Crippen LogP contribution in [0, 0.1) is 5.82 Å². The number of nitrogens with two attached hydrogens (primary N) is 1. The Morgan fingerprint density at radius 2 is 2.29 bits per heavy atom. The molecule has 1 aromatic heterocycles. The molecule has 0 spiro atoms. The molecule has 1 aromatic carbocycles. The molecule has 1 amide bonds. The number of ether oxygens (including phenoxy) is 1. The zero-order valence-corrected chi connectivity index (χ0v) is 9.75. The number of nitrogens with zero attached hydrogens (tertiary/aromatic N) is 1. The maximum atomic E-state index is 13.2. The number of methoxy groups -OCH3 is 1. The van der Waals surface area contributed by atoms with E-state index in [1.165, 1.54) is 42.0 Å². The number of carbonyl (C=O) groups excluding carboxylic acids is 1. The van der Waals surface area contributed by atoms with Crippen molar-refractivity contribution in [3.8, 4) is 16.3 Å². The van der Waals surface area contributed by atoms with Crippen LogP contribution in [0.5, 0.6) is 5.75 Å². The number of thiazole rings is 1. The van der Waals surface area contributed by atoms with Crippen molar-refractivity contribution >= 4 is 17.2 Å². The Morgan fingerprint density at radius 1 is 1.53 bits per heavy atom. The van der Waals surface area contributed by atoms with Crippen molar-refractivity contribution in [3.05, 3.63) is 35.1 Å². The Balaban J connectivity index is 2.51. The van der Waals surface area contributed by atoms with Gasteiger partial charge in [-0.3, -0.25) is 4.79 Å². The second-order valence-corrected chi connectivity index (χ2v) is 4.10. The highest BCUT2D eigenvalue weighted by Crippen LogP contribution is 2.32. The molecule has 0 aliphatic heterocycles. The normalized spacial score (nSPS) is 10.2. The van der Waals surface area contributed by atoms with E-state index >= 15 is 0 Å². The third-order valence-corrected chi connectivity index (χ3v) is 3.02. The van der Waals surface area contributed by atoms with Gasteiger partial charge in [0, 0.05) is 5.38 Å². The fourth-order valence-corrected chi connectivity index (χ4v) is 2.19. The Labute approximate surface area is 101 Å². The van der Waals surface area contributed by atoms with Crippen LogP contribution in [-0.2, 0) is 0 Å². The predicted octanol–water partition coefficient (Wildman–Crippen LogP) is 2.06. The SMILES string of the molecule is COc1ccc(F)cc1-c1nc(C(N)=O)cs1. The van der Waals surface area contributed by atoms with Gasteiger partial charge in [-0.2, -0.15) is 0 Å². The number of benzene rings is 1. The summed E-state index contributed by atoms with van der Waals surface area (Å²) >= 11 is 1.21. The molecule has 17 heavy (non-hydrogen) atoms. The van der Waals surface area contributed by atoms with Gasteiger partial charge < -0.3 is 10.5 Å². The fraction of sp³-hybridized carbons (Fsp3) is 0.0909. The van der Waals surface area contributed by atoms with E-state index in [4.69, 9.17) is 10.5 Å². The highest BCUT2D eigenvalue weighted by Gasteiger charge is 2.13. The van der Waals surface area contributed by atoms with Gasteiger partial charge in [0.05, 0.1) is 12.7 Å². The second-order valence-electron chi connectivity index (χ2n) is 3.25. The predicted molar refractivity (Wildman–Crippen MR) is 62.6 cm³/mol. The van der Waals surface area contributed by atoms with E-state index in [9.17, 15) is 9.18 Å². The minimum atomic E-state index is -0.608. The summed E-state index contributed by atoms with van der Waals surface area (Å²) in [6.45, 7) is 0. The highest BCUT2D eigenvalue weighted by atomic mass is 32.1. The summed E-state index contributed by atoms with van der Waals surface area (Å²) in [6, 6.07) is 4.11. The molecule has 0 saturated carbocycles. The third-order valence-electron chi connectivity index (χ3n) is 2.15. The van der Waals surface area contributed by atoms with Gasteiger partial charge in [0.25, 0.3) is 5.91 Å². The molecule has 6 heteroatoms. The van der Waals surface area contributed by atoms with Crippen molar-refractivity contribution < 1.29 is 13.9 Å². The van der Waals surface area contributed by atoms with Gasteiger partial charge in [0.1, 0.15) is 22.3 Å². The Hall–Kier alpha value is -1.95. The van der Waals surface area contributed by atoms with Crippen LogP contribution in [0.3, 0.4) is 0 Å². The monoisotopic (exact) mass is 252 g/mol. The highest BCUT2D eigenvalue weighted by molar-refractivity contribution is 7.13. The quantitative estimate of drug-likeness (QED) is 0.909. The van der Waals surface area contributed by atoms with E-state index in [2.05, 4.69) is 4.98 Å². The van der Waals surface area contributed by atoms with Crippen LogP contribution >= 0.6 is 11.3 Å². The van der Waals surface area contributed by atoms with E-state index in [1.807, 2.05) is 0 Å². The number of hydrogen-bond acceptors (Lipinski definition) is 4. The molecule has 1 heterocycles. The minimum absolute atomic E-state index is 0.163. The molecule has 0 saturated heterocycles. The lowest BCUT2D eigenvalue weighted by atomic mass is 10.2. The number of halogens is 1. The summed E-state index contributed by atoms with van der Waals surface area (Å²) in [7, 11) is 1.49. The van der Waals surface area contributed by atoms with Gasteiger partial charge >= 0.3 is 0 Å². The zero-order chi connectivity index (χ0) is 12.4. The number of aromatic nitrogens is 1. The summed E-state index contributed by atoms with van der Waals surface area (Å²) < 4.78 is 18.3. The lowest BCUT2D eigenvalue weighted by Crippen LogP contribution is -2.10. The lowest BCUT2D eigenvalue weighted by molar-refractivity contribution is 0.0996. The maximum Gasteiger partial charge on any atom is 0.268 e. The van der Waals surface area contributed by atoms with Crippen molar-refractivity contribution in [2.24, 2.45) is 5.73 Å². The Morgan fingerprint density at radius 3 is 2.88 bits per heavy atom. The minimum Gasteiger partial charge on any atom is -0.496 e. The number of hydrogen-bond donors (Lipinski definition) is 1. The molecule has 0 unspecified atom stereocenters. The molecule has 2 rings (SSSR count). The van der Waals surface area contributed by atoms with Crippen molar-refractivity contribution in [2.75, 3.05) is 7.11 Å². The molecular weight excluding hydrogens is 243 g/mol. The van der Waals surface area contributed by atoms with E-state index in [1.54, 1.807) is 0 Å². The summed E-state index contributed by atoms with van der Waals surface area (Å²) in [4.78, 5) is 15.0. The first kappa shape index (κ1) is 11.5. The van der Waals surface area contributed by atoms with Crippen molar-refractivity contribution in [1.29, 1.82) is 0 Å². The summed E-state index contributed by atoms with van der Waals surface area (Å²) in [5.74, 6) is -0.503. The van der Waals surface area contributed by atoms with Crippen LogP contribution in [0.1, 0.15) is 10.5 Å². The van der Waals surface area contributed by atoms with Gasteiger partial charge in [-0.25, -0.2) is 9.37 Å². The van der Waals surface area contributed by atoms with Gasteiger partial charge in [0.2, 0.25) is 0 Å². The topological polar surface area (TPSA) is 65.2 Å². The van der Waals surface area contributed by atoms with Gasteiger partial charge in [0.15, 0.2) is 0 Å². The van der Waals surface area contributed by atoms with Crippen molar-refractivity contribution in [2.45, 2.75) is 0 Å². The number of carbonyl (C=O) groups is 1. The summed E-state index contributed by atoms with van der Waals surface area (Å²) in [6.07, 6.45) is 0. The van der Waals surface area contributed by atoms with Crippen LogP contribution in [0.4, 0.5) is 4.39 Å². The largest absolute Gasteiger partial charge is 0.496 e. The van der Waals surface area contributed by atoms with Crippen molar-refractivity contribution in [3.63, 3.8) is 0 Å². The van der Waals surface area contributed by atoms with Crippen molar-refractivity contribution in [1.82, 2.24) is 4.98 Å². The van der Waals surface area contributed by atoms with E-state index < -0.39 is 11.7 Å². The molecule has 0 bridgehead atoms. The third kappa shape index (κ3) is 2.26. The van der Waals surface area contributed by atoms with Crippen LogP contribution in [-0.4, -0.2) is 18.0 Å². The van der Waals surface area contributed by atoms with Gasteiger partial charge in [-0.15, -0.1) is 11.3 Å². The van der Waals surface area contributed by atoms with Gasteiger partial charge in [-0.05, 0) is 18.2 Å². The zero-order valence-electron chi connectivity index (χ0n) is 8.94. The van der Waals surface area contributed by atoms with Crippen LogP contribution < -0.4 is 10.5 Å². The number of rotatable bonds is 3. The lowest BCUT2D eigenvalue weighted by Gasteiger charge is -2.05. The molecule has 0 atom stereocenters. The van der Waals surface area contributed by atoms with Gasteiger partial charge in [-0.1, -0.05) is 0 Å². The van der Waals surface area contributed by atoms with Crippen LogP contribution in [0.2, 0.25) is 0 Å². The molecule has 88 valence electrons. The average Bonchev–Trinajstić information content (AvgIpc) is 2.78. The summed E-state index contributed by atoms with van der Waals surface area (Å²) in [5.41, 5.74) is 5.77. The average molecular weight is 252 g/mol. The first-order chi connectivity index (χ1) is 8.11. The first-order valence-corrected chi connectivity index (χ1v) is 5.59. The standard InChI is InChI=1S/C11H9FN2O2S/c1-16-9-3-2-6(12)4-7(9)11-14-8(5-17-11)10(13)15/h2-5H,1H3,(H2,13,15). The molecular formula is C11H9FN2O2S. The smallest absolute Gasteiger partial charge is 0.268 e. The molecule has 2 aromatic rings. The first-order valence-electron chi connectivity index (χ1n) is 4.71. The summed E-state index contributed by atoms with van der Waals surface area (Å²) in [5, 5.41) is 2.03. The molecule has 4 nitrogen and oxygen atoms in total. The molecule has 0 aliphatic carbocycles.